The Morgan fingerprint density at radius 3 is 2.29 bits per heavy atom. The number of likely N-dealkylation sites (tertiary alicyclic amines) is 1. The van der Waals surface area contributed by atoms with Crippen LogP contribution in [0.2, 0.25) is 0 Å². The Bertz CT molecular complexity index is 665. The second-order valence-electron chi connectivity index (χ2n) is 6.41. The highest BCUT2D eigenvalue weighted by Crippen LogP contribution is 2.22. The minimum Gasteiger partial charge on any atom is -0.341 e. The molecule has 134 valence electrons. The highest BCUT2D eigenvalue weighted by atomic mass is 32.2. The summed E-state index contributed by atoms with van der Waals surface area (Å²) in [6, 6.07) is 6.95. The van der Waals surface area contributed by atoms with Crippen molar-refractivity contribution in [2.75, 3.05) is 25.9 Å². The third-order valence-corrected chi connectivity index (χ3v) is 6.03. The number of piperidine rings is 1. The number of sulfonamides is 1. The molecule has 0 bridgehead atoms. The number of hydrogen-bond acceptors (Lipinski definition) is 4. The van der Waals surface area contributed by atoms with E-state index in [0.29, 0.717) is 32.5 Å². The van der Waals surface area contributed by atoms with E-state index in [9.17, 15) is 13.2 Å². The molecule has 1 aliphatic heterocycles. The Hall–Kier alpha value is -1.44. The van der Waals surface area contributed by atoms with Gasteiger partial charge in [-0.2, -0.15) is 4.31 Å². The number of nitrogens with zero attached hydrogens (tertiary/aromatic N) is 2. The van der Waals surface area contributed by atoms with Crippen molar-refractivity contribution in [1.29, 1.82) is 0 Å². The van der Waals surface area contributed by atoms with Crippen LogP contribution in [0.1, 0.15) is 36.9 Å². The Morgan fingerprint density at radius 1 is 1.29 bits per heavy atom. The number of rotatable bonds is 5. The van der Waals surface area contributed by atoms with Gasteiger partial charge in [0.1, 0.15) is 6.04 Å². The fourth-order valence-corrected chi connectivity index (χ4v) is 4.47. The molecule has 1 saturated heterocycles. The molecule has 0 aliphatic carbocycles. The lowest BCUT2D eigenvalue weighted by molar-refractivity contribution is -0.134. The SMILES string of the molecule is CCN(C1CCN(C(=O)C(N)c2ccc(C)cc2)CC1)S(C)(=O)=O. The van der Waals surface area contributed by atoms with Crippen molar-refractivity contribution in [2.45, 2.75) is 38.8 Å². The second-order valence-corrected chi connectivity index (χ2v) is 8.35. The Labute approximate surface area is 144 Å². The fourth-order valence-electron chi connectivity index (χ4n) is 3.25. The fraction of sp³-hybridized carbons (Fsp3) is 0.588. The normalized spacial score (nSPS) is 18.0. The lowest BCUT2D eigenvalue weighted by Gasteiger charge is -2.37. The molecule has 1 aliphatic rings. The number of carbonyl (C=O) groups excluding carboxylic acids is 1. The average Bonchev–Trinajstić information content (AvgIpc) is 2.54. The predicted molar refractivity (Wildman–Crippen MR) is 94.9 cm³/mol. The molecule has 0 spiro atoms. The van der Waals surface area contributed by atoms with Crippen molar-refractivity contribution >= 4 is 15.9 Å². The summed E-state index contributed by atoms with van der Waals surface area (Å²) in [6.07, 6.45) is 2.53. The average molecular weight is 353 g/mol. The third-order valence-electron chi connectivity index (χ3n) is 4.62. The molecule has 0 aromatic heterocycles. The van der Waals surface area contributed by atoms with Gasteiger partial charge in [-0.15, -0.1) is 0 Å². The van der Waals surface area contributed by atoms with Crippen LogP contribution >= 0.6 is 0 Å². The molecule has 2 rings (SSSR count). The third kappa shape index (κ3) is 4.34. The van der Waals surface area contributed by atoms with Crippen LogP contribution in [-0.2, 0) is 14.8 Å². The zero-order valence-corrected chi connectivity index (χ0v) is 15.4. The molecule has 1 heterocycles. The summed E-state index contributed by atoms with van der Waals surface area (Å²) in [7, 11) is -3.21. The van der Waals surface area contributed by atoms with Crippen molar-refractivity contribution < 1.29 is 13.2 Å². The maximum atomic E-state index is 12.6. The molecule has 1 fully saturated rings. The van der Waals surface area contributed by atoms with E-state index in [1.807, 2.05) is 38.1 Å². The molecule has 2 N–H and O–H groups in total. The van der Waals surface area contributed by atoms with Crippen molar-refractivity contribution in [3.8, 4) is 0 Å². The van der Waals surface area contributed by atoms with Crippen molar-refractivity contribution in [2.24, 2.45) is 5.73 Å². The largest absolute Gasteiger partial charge is 0.341 e. The number of nitrogens with two attached hydrogens (primary N) is 1. The van der Waals surface area contributed by atoms with Gasteiger partial charge in [-0.3, -0.25) is 4.79 Å². The van der Waals surface area contributed by atoms with E-state index in [-0.39, 0.29) is 11.9 Å². The van der Waals surface area contributed by atoms with Gasteiger partial charge in [-0.05, 0) is 25.3 Å². The molecule has 24 heavy (non-hydrogen) atoms. The smallest absolute Gasteiger partial charge is 0.244 e. The lowest BCUT2D eigenvalue weighted by atomic mass is 10.0. The lowest BCUT2D eigenvalue weighted by Crippen LogP contribution is -2.50. The standard InChI is InChI=1S/C17H27N3O3S/c1-4-20(24(3,22)23)15-9-11-19(12-10-15)17(21)16(18)14-7-5-13(2)6-8-14/h5-8,15-16H,4,9-12,18H2,1-3H3. The number of carbonyl (C=O) groups is 1. The first-order chi connectivity index (χ1) is 11.2. The highest BCUT2D eigenvalue weighted by molar-refractivity contribution is 7.88. The molecule has 1 aromatic rings. The predicted octanol–water partition coefficient (Wildman–Crippen LogP) is 1.27. The minimum absolute atomic E-state index is 0.0374. The van der Waals surface area contributed by atoms with Crippen molar-refractivity contribution in [1.82, 2.24) is 9.21 Å². The first-order valence-corrected chi connectivity index (χ1v) is 10.2. The van der Waals surface area contributed by atoms with E-state index >= 15 is 0 Å². The second kappa shape index (κ2) is 7.63. The van der Waals surface area contributed by atoms with Gasteiger partial charge in [0.15, 0.2) is 0 Å². The molecule has 1 unspecified atom stereocenters. The van der Waals surface area contributed by atoms with Crippen LogP contribution in [0.5, 0.6) is 0 Å². The quantitative estimate of drug-likeness (QED) is 0.864. The van der Waals surface area contributed by atoms with Gasteiger partial charge < -0.3 is 10.6 Å². The molecule has 6 nitrogen and oxygen atoms in total. The molecule has 1 atom stereocenters. The van der Waals surface area contributed by atoms with E-state index in [1.165, 1.54) is 10.6 Å². The Kier molecular flexibility index (Phi) is 6.01. The molecular weight excluding hydrogens is 326 g/mol. The number of aryl methyl sites for hydroxylation is 1. The van der Waals surface area contributed by atoms with Crippen LogP contribution in [0.25, 0.3) is 0 Å². The van der Waals surface area contributed by atoms with E-state index in [2.05, 4.69) is 0 Å². The zero-order chi connectivity index (χ0) is 17.9. The van der Waals surface area contributed by atoms with Crippen LogP contribution in [0, 0.1) is 6.92 Å². The summed E-state index contributed by atoms with van der Waals surface area (Å²) in [5.41, 5.74) is 8.04. The van der Waals surface area contributed by atoms with Crippen molar-refractivity contribution in [3.05, 3.63) is 35.4 Å². The van der Waals surface area contributed by atoms with Gasteiger partial charge in [0.05, 0.1) is 6.26 Å². The van der Waals surface area contributed by atoms with Crippen LogP contribution in [-0.4, -0.2) is 55.5 Å². The molecule has 1 amide bonds. The van der Waals surface area contributed by atoms with E-state index in [1.54, 1.807) is 4.90 Å². The van der Waals surface area contributed by atoms with Crippen LogP contribution in [0.15, 0.2) is 24.3 Å². The van der Waals surface area contributed by atoms with Crippen molar-refractivity contribution in [3.63, 3.8) is 0 Å². The monoisotopic (exact) mass is 353 g/mol. The first-order valence-electron chi connectivity index (χ1n) is 8.31. The van der Waals surface area contributed by atoms with Gasteiger partial charge in [0.25, 0.3) is 0 Å². The Balaban J connectivity index is 1.98. The number of amides is 1. The molecule has 0 saturated carbocycles. The van der Waals surface area contributed by atoms with Crippen LogP contribution < -0.4 is 5.73 Å². The van der Waals surface area contributed by atoms with Gasteiger partial charge in [0, 0.05) is 25.7 Å². The van der Waals surface area contributed by atoms with Gasteiger partial charge >= 0.3 is 0 Å². The number of benzene rings is 1. The number of hydrogen-bond donors (Lipinski definition) is 1. The summed E-state index contributed by atoms with van der Waals surface area (Å²) in [5, 5.41) is 0. The topological polar surface area (TPSA) is 83.7 Å². The molecule has 0 radical (unpaired) electrons. The summed E-state index contributed by atoms with van der Waals surface area (Å²) >= 11 is 0. The first kappa shape index (κ1) is 18.9. The van der Waals surface area contributed by atoms with Gasteiger partial charge in [-0.1, -0.05) is 36.8 Å². The summed E-state index contributed by atoms with van der Waals surface area (Å²) in [6.45, 7) is 5.36. The van der Waals surface area contributed by atoms with E-state index in [0.717, 1.165) is 11.1 Å². The minimum atomic E-state index is -3.21. The molecule has 1 aromatic carbocycles. The van der Waals surface area contributed by atoms with Crippen LogP contribution in [0.3, 0.4) is 0 Å². The Morgan fingerprint density at radius 2 is 1.83 bits per heavy atom. The maximum Gasteiger partial charge on any atom is 0.244 e. The van der Waals surface area contributed by atoms with Gasteiger partial charge in [0.2, 0.25) is 15.9 Å². The zero-order valence-electron chi connectivity index (χ0n) is 14.6. The van der Waals surface area contributed by atoms with Crippen LogP contribution in [0.4, 0.5) is 0 Å². The maximum absolute atomic E-state index is 12.6. The molecule has 7 heteroatoms. The molecular formula is C17H27N3O3S. The summed E-state index contributed by atoms with van der Waals surface area (Å²) < 4.78 is 25.2. The van der Waals surface area contributed by atoms with E-state index < -0.39 is 16.1 Å². The van der Waals surface area contributed by atoms with E-state index in [4.69, 9.17) is 5.73 Å². The summed E-state index contributed by atoms with van der Waals surface area (Å²) in [4.78, 5) is 14.3. The van der Waals surface area contributed by atoms with Gasteiger partial charge in [-0.25, -0.2) is 8.42 Å². The summed E-state index contributed by atoms with van der Waals surface area (Å²) in [5.74, 6) is -0.0975. The highest BCUT2D eigenvalue weighted by Gasteiger charge is 2.32.